The molecule has 2 aromatic rings. The molecule has 100 valence electrons. The molecule has 6 heteroatoms. The summed E-state index contributed by atoms with van der Waals surface area (Å²) in [6.45, 7) is 1.17. The Morgan fingerprint density at radius 2 is 2.11 bits per heavy atom. The first-order valence-electron chi connectivity index (χ1n) is 7.35. The van der Waals surface area contributed by atoms with Crippen molar-refractivity contribution < 1.29 is 0 Å². The summed E-state index contributed by atoms with van der Waals surface area (Å²) in [6.07, 6.45) is 6.65. The lowest BCUT2D eigenvalue weighted by Gasteiger charge is -2.14. The standard InChI is InChI=1S/C13H17N5S/c1-2-8-6-14-10(9(8)3-1)12-17-18-11(7-4-5-7)15-16-13(18)19-12/h7-10,14H,1-6H2. The molecule has 1 aliphatic heterocycles. The quantitative estimate of drug-likeness (QED) is 0.912. The van der Waals surface area contributed by atoms with Gasteiger partial charge in [0.1, 0.15) is 5.01 Å². The number of nitrogens with one attached hydrogen (secondary N) is 1. The van der Waals surface area contributed by atoms with Crippen LogP contribution in [-0.4, -0.2) is 26.4 Å². The summed E-state index contributed by atoms with van der Waals surface area (Å²) in [5, 5.41) is 18.3. The van der Waals surface area contributed by atoms with Gasteiger partial charge in [0.2, 0.25) is 4.96 Å². The Kier molecular flexibility index (Phi) is 2.13. The Labute approximate surface area is 115 Å². The molecule has 19 heavy (non-hydrogen) atoms. The average Bonchev–Trinajstić information content (AvgIpc) is 2.81. The lowest BCUT2D eigenvalue weighted by molar-refractivity contribution is 0.418. The highest BCUT2D eigenvalue weighted by Gasteiger charge is 2.41. The van der Waals surface area contributed by atoms with E-state index in [1.165, 1.54) is 43.7 Å². The first kappa shape index (κ1) is 10.7. The van der Waals surface area contributed by atoms with E-state index in [0.717, 1.165) is 22.6 Å². The van der Waals surface area contributed by atoms with Crippen molar-refractivity contribution >= 4 is 16.3 Å². The molecule has 0 aromatic carbocycles. The Balaban J connectivity index is 1.54. The van der Waals surface area contributed by atoms with E-state index in [0.29, 0.717) is 12.0 Å². The Bertz CT molecular complexity index is 628. The molecule has 1 N–H and O–H groups in total. The lowest BCUT2D eigenvalue weighted by atomic mass is 9.94. The third-order valence-corrected chi connectivity index (χ3v) is 5.97. The normalized spacial score (nSPS) is 34.2. The second kappa shape index (κ2) is 3.76. The maximum absolute atomic E-state index is 4.82. The maximum Gasteiger partial charge on any atom is 0.234 e. The van der Waals surface area contributed by atoms with Gasteiger partial charge in [-0.3, -0.25) is 0 Å². The van der Waals surface area contributed by atoms with E-state index in [1.54, 1.807) is 11.3 Å². The molecule has 1 saturated heterocycles. The minimum atomic E-state index is 0.464. The van der Waals surface area contributed by atoms with Gasteiger partial charge in [-0.1, -0.05) is 17.8 Å². The molecule has 0 radical (unpaired) electrons. The highest BCUT2D eigenvalue weighted by Crippen LogP contribution is 2.45. The van der Waals surface area contributed by atoms with E-state index < -0.39 is 0 Å². The van der Waals surface area contributed by atoms with Crippen molar-refractivity contribution in [3.63, 3.8) is 0 Å². The summed E-state index contributed by atoms with van der Waals surface area (Å²) < 4.78 is 2.00. The predicted molar refractivity (Wildman–Crippen MR) is 72.2 cm³/mol. The molecule has 5 rings (SSSR count). The van der Waals surface area contributed by atoms with Crippen LogP contribution in [0.3, 0.4) is 0 Å². The highest BCUT2D eigenvalue weighted by molar-refractivity contribution is 7.16. The third kappa shape index (κ3) is 1.53. The van der Waals surface area contributed by atoms with Crippen LogP contribution in [-0.2, 0) is 0 Å². The van der Waals surface area contributed by atoms with E-state index in [4.69, 9.17) is 5.10 Å². The molecule has 2 aromatic heterocycles. The van der Waals surface area contributed by atoms with Crippen molar-refractivity contribution in [2.45, 2.75) is 44.1 Å². The molecule has 3 atom stereocenters. The Hall–Kier alpha value is -1.01. The minimum Gasteiger partial charge on any atom is -0.307 e. The van der Waals surface area contributed by atoms with Gasteiger partial charge in [0, 0.05) is 5.92 Å². The lowest BCUT2D eigenvalue weighted by Crippen LogP contribution is -2.17. The summed E-state index contributed by atoms with van der Waals surface area (Å²) in [7, 11) is 0. The monoisotopic (exact) mass is 275 g/mol. The van der Waals surface area contributed by atoms with Crippen molar-refractivity contribution in [3.8, 4) is 0 Å². The molecular weight excluding hydrogens is 258 g/mol. The zero-order valence-corrected chi connectivity index (χ0v) is 11.6. The third-order valence-electron chi connectivity index (χ3n) is 4.99. The van der Waals surface area contributed by atoms with E-state index in [1.807, 2.05) is 4.52 Å². The predicted octanol–water partition coefficient (Wildman–Crippen LogP) is 2.12. The summed E-state index contributed by atoms with van der Waals surface area (Å²) in [5.41, 5.74) is 0. The van der Waals surface area contributed by atoms with Gasteiger partial charge in [-0.25, -0.2) is 0 Å². The fourth-order valence-corrected chi connectivity index (χ4v) is 4.82. The molecule has 3 fully saturated rings. The fraction of sp³-hybridized carbons (Fsp3) is 0.769. The van der Waals surface area contributed by atoms with Gasteiger partial charge in [-0.2, -0.15) is 9.61 Å². The van der Waals surface area contributed by atoms with E-state index in [2.05, 4.69) is 15.5 Å². The molecule has 3 unspecified atom stereocenters. The van der Waals surface area contributed by atoms with Crippen LogP contribution in [0, 0.1) is 11.8 Å². The largest absolute Gasteiger partial charge is 0.307 e. The van der Waals surface area contributed by atoms with Gasteiger partial charge in [0.05, 0.1) is 6.04 Å². The van der Waals surface area contributed by atoms with Crippen LogP contribution in [0.15, 0.2) is 0 Å². The second-order valence-corrected chi connectivity index (χ2v) is 7.20. The van der Waals surface area contributed by atoms with Gasteiger partial charge >= 0.3 is 0 Å². The molecule has 0 bridgehead atoms. The van der Waals surface area contributed by atoms with Crippen LogP contribution >= 0.6 is 11.3 Å². The topological polar surface area (TPSA) is 55.1 Å². The Morgan fingerprint density at radius 3 is 3.00 bits per heavy atom. The first-order chi connectivity index (χ1) is 9.40. The number of fused-ring (bicyclic) bond motifs is 2. The van der Waals surface area contributed by atoms with Gasteiger partial charge in [-0.05, 0) is 44.1 Å². The van der Waals surface area contributed by atoms with E-state index in [9.17, 15) is 0 Å². The number of rotatable bonds is 2. The number of aromatic nitrogens is 4. The van der Waals surface area contributed by atoms with Crippen LogP contribution in [0.1, 0.15) is 54.9 Å². The number of hydrogen-bond acceptors (Lipinski definition) is 5. The zero-order chi connectivity index (χ0) is 12.4. The van der Waals surface area contributed by atoms with Crippen LogP contribution < -0.4 is 5.32 Å². The molecular formula is C13H17N5S. The van der Waals surface area contributed by atoms with Crippen LogP contribution in [0.2, 0.25) is 0 Å². The van der Waals surface area contributed by atoms with Crippen LogP contribution in [0.5, 0.6) is 0 Å². The molecule has 0 amide bonds. The van der Waals surface area contributed by atoms with Crippen molar-refractivity contribution in [3.05, 3.63) is 10.8 Å². The van der Waals surface area contributed by atoms with Crippen molar-refractivity contribution in [2.24, 2.45) is 11.8 Å². The molecule has 3 aliphatic rings. The minimum absolute atomic E-state index is 0.464. The van der Waals surface area contributed by atoms with Crippen molar-refractivity contribution in [2.75, 3.05) is 6.54 Å². The van der Waals surface area contributed by atoms with Gasteiger partial charge < -0.3 is 5.32 Å². The van der Waals surface area contributed by atoms with Gasteiger partial charge in [0.15, 0.2) is 5.82 Å². The second-order valence-electron chi connectivity index (χ2n) is 6.21. The van der Waals surface area contributed by atoms with Gasteiger partial charge in [0.25, 0.3) is 0 Å². The molecule has 3 heterocycles. The summed E-state index contributed by atoms with van der Waals surface area (Å²) >= 11 is 1.73. The number of nitrogens with zero attached hydrogens (tertiary/aromatic N) is 4. The van der Waals surface area contributed by atoms with E-state index in [-0.39, 0.29) is 0 Å². The smallest absolute Gasteiger partial charge is 0.234 e. The van der Waals surface area contributed by atoms with Gasteiger partial charge in [-0.15, -0.1) is 10.2 Å². The molecule has 2 aliphatic carbocycles. The van der Waals surface area contributed by atoms with Crippen LogP contribution in [0.25, 0.3) is 4.96 Å². The van der Waals surface area contributed by atoms with Crippen molar-refractivity contribution in [1.29, 1.82) is 0 Å². The first-order valence-corrected chi connectivity index (χ1v) is 8.17. The summed E-state index contributed by atoms with van der Waals surface area (Å²) in [6, 6.07) is 0.464. The molecule has 5 nitrogen and oxygen atoms in total. The SMILES string of the molecule is C1CC2CNC(c3nn4c(C5CC5)nnc4s3)C2C1. The molecule has 2 saturated carbocycles. The average molecular weight is 275 g/mol. The van der Waals surface area contributed by atoms with Crippen molar-refractivity contribution in [1.82, 2.24) is 25.1 Å². The summed E-state index contributed by atoms with van der Waals surface area (Å²) in [4.78, 5) is 0.972. The Morgan fingerprint density at radius 1 is 1.16 bits per heavy atom. The molecule has 0 spiro atoms. The fourth-order valence-electron chi connectivity index (χ4n) is 3.83. The number of hydrogen-bond donors (Lipinski definition) is 1. The summed E-state index contributed by atoms with van der Waals surface area (Å²) in [5.74, 6) is 3.37. The highest BCUT2D eigenvalue weighted by atomic mass is 32.1. The van der Waals surface area contributed by atoms with E-state index >= 15 is 0 Å². The zero-order valence-electron chi connectivity index (χ0n) is 10.7. The maximum atomic E-state index is 4.82. The van der Waals surface area contributed by atoms with Crippen LogP contribution in [0.4, 0.5) is 0 Å².